The molecule has 0 saturated carbocycles. The summed E-state index contributed by atoms with van der Waals surface area (Å²) in [5, 5.41) is -0.613. The van der Waals surface area contributed by atoms with Gasteiger partial charge in [-0.1, -0.05) is 12.2 Å². The summed E-state index contributed by atoms with van der Waals surface area (Å²) in [5.41, 5.74) is 5.81. The van der Waals surface area contributed by atoms with E-state index < -0.39 is 11.3 Å². The Balaban J connectivity index is 3.06. The van der Waals surface area contributed by atoms with E-state index in [2.05, 4.69) is 0 Å². The molecule has 2 N–H and O–H groups in total. The molecule has 0 saturated heterocycles. The van der Waals surface area contributed by atoms with Gasteiger partial charge in [-0.15, -0.1) is 0 Å². The highest BCUT2D eigenvalue weighted by Gasteiger charge is 2.20. The molecular weight excluding hydrogens is 198 g/mol. The second kappa shape index (κ2) is 3.80. The summed E-state index contributed by atoms with van der Waals surface area (Å²) in [6.45, 7) is 0. The maximum absolute atomic E-state index is 10.7. The van der Waals surface area contributed by atoms with E-state index in [1.54, 1.807) is 12.2 Å². The van der Waals surface area contributed by atoms with Crippen LogP contribution in [-0.2, 0) is 16.1 Å². The van der Waals surface area contributed by atoms with Crippen molar-refractivity contribution in [1.82, 2.24) is 0 Å². The van der Waals surface area contributed by atoms with E-state index >= 15 is 0 Å². The summed E-state index contributed by atoms with van der Waals surface area (Å²) < 4.78 is 10.4. The highest BCUT2D eigenvalue weighted by atomic mass is 35.5. The standard InChI is InChI=1S/C7H6ClNO2S/c8-7(10)4-2-1-3-5(12-11)6(4)9/h1-3,6H,9H2. The first kappa shape index (κ1) is 9.38. The first-order chi connectivity index (χ1) is 5.66. The average molecular weight is 204 g/mol. The monoisotopic (exact) mass is 203 g/mol. The van der Waals surface area contributed by atoms with Crippen molar-refractivity contribution in [2.75, 3.05) is 0 Å². The normalized spacial score (nSPS) is 22.0. The van der Waals surface area contributed by atoms with Crippen LogP contribution < -0.4 is 5.73 Å². The van der Waals surface area contributed by atoms with Crippen LogP contribution >= 0.6 is 11.6 Å². The summed E-state index contributed by atoms with van der Waals surface area (Å²) in [7, 11) is 0. The van der Waals surface area contributed by atoms with Gasteiger partial charge in [0.1, 0.15) is 0 Å². The number of nitrogens with two attached hydrogens (primary N) is 1. The molecule has 0 amide bonds. The highest BCUT2D eigenvalue weighted by Crippen LogP contribution is 2.11. The molecule has 0 spiro atoms. The molecule has 0 aliphatic heterocycles. The van der Waals surface area contributed by atoms with Gasteiger partial charge in [-0.05, 0) is 17.7 Å². The number of rotatable bonds is 1. The fourth-order valence-corrected chi connectivity index (χ4v) is 1.42. The summed E-state index contributed by atoms with van der Waals surface area (Å²) in [6.07, 6.45) is 4.67. The zero-order valence-electron chi connectivity index (χ0n) is 5.99. The van der Waals surface area contributed by atoms with Crippen LogP contribution in [0.5, 0.6) is 0 Å². The molecule has 5 heteroatoms. The van der Waals surface area contributed by atoms with Crippen molar-refractivity contribution in [2.24, 2.45) is 5.73 Å². The third kappa shape index (κ3) is 1.72. The van der Waals surface area contributed by atoms with Gasteiger partial charge in [-0.2, -0.15) is 0 Å². The molecule has 64 valence electrons. The second-order valence-electron chi connectivity index (χ2n) is 2.22. The highest BCUT2D eigenvalue weighted by molar-refractivity contribution is 7.67. The van der Waals surface area contributed by atoms with Crippen molar-refractivity contribution in [3.8, 4) is 0 Å². The van der Waals surface area contributed by atoms with Gasteiger partial charge in [0.2, 0.25) is 5.24 Å². The zero-order valence-corrected chi connectivity index (χ0v) is 7.56. The lowest BCUT2D eigenvalue weighted by molar-refractivity contribution is -0.108. The van der Waals surface area contributed by atoms with Crippen molar-refractivity contribution in [3.63, 3.8) is 0 Å². The van der Waals surface area contributed by atoms with Crippen LogP contribution in [0.15, 0.2) is 23.8 Å². The number of carbonyl (C=O) groups is 1. The lowest BCUT2D eigenvalue weighted by atomic mass is 10.0. The van der Waals surface area contributed by atoms with Crippen LogP contribution in [0.1, 0.15) is 0 Å². The van der Waals surface area contributed by atoms with E-state index in [1.165, 1.54) is 6.08 Å². The van der Waals surface area contributed by atoms with Crippen molar-refractivity contribution >= 4 is 33.0 Å². The van der Waals surface area contributed by atoms with E-state index in [0.29, 0.717) is 4.86 Å². The maximum Gasteiger partial charge on any atom is 0.250 e. The van der Waals surface area contributed by atoms with Gasteiger partial charge in [-0.3, -0.25) is 4.79 Å². The molecular formula is C7H6ClNO2S. The Labute approximate surface area is 78.0 Å². The topological polar surface area (TPSA) is 60.2 Å². The van der Waals surface area contributed by atoms with Gasteiger partial charge in [0, 0.05) is 5.57 Å². The molecule has 1 aliphatic carbocycles. The van der Waals surface area contributed by atoms with Gasteiger partial charge in [-0.25, -0.2) is 4.21 Å². The third-order valence-corrected chi connectivity index (χ3v) is 2.30. The largest absolute Gasteiger partial charge is 0.319 e. The average Bonchev–Trinajstić information content (AvgIpc) is 2.04. The van der Waals surface area contributed by atoms with Crippen molar-refractivity contribution in [3.05, 3.63) is 23.8 Å². The van der Waals surface area contributed by atoms with Gasteiger partial charge >= 0.3 is 0 Å². The third-order valence-electron chi connectivity index (χ3n) is 1.50. The summed E-state index contributed by atoms with van der Waals surface area (Å²) in [4.78, 5) is 11.1. The number of halogens is 1. The number of carbonyl (C=O) groups excluding carboxylic acids is 1. The summed E-state index contributed by atoms with van der Waals surface area (Å²) in [5.74, 6) is 0. The molecule has 0 aromatic carbocycles. The minimum absolute atomic E-state index is 0.262. The molecule has 0 fully saturated rings. The zero-order chi connectivity index (χ0) is 9.14. The van der Waals surface area contributed by atoms with Crippen molar-refractivity contribution in [1.29, 1.82) is 0 Å². The predicted molar refractivity (Wildman–Crippen MR) is 49.2 cm³/mol. The Morgan fingerprint density at radius 3 is 2.83 bits per heavy atom. The molecule has 1 rings (SSSR count). The smallest absolute Gasteiger partial charge is 0.250 e. The summed E-state index contributed by atoms with van der Waals surface area (Å²) in [6, 6.07) is -0.664. The second-order valence-corrected chi connectivity index (χ2v) is 3.20. The Hall–Kier alpha value is -0.710. The molecule has 0 aromatic heterocycles. The molecule has 1 atom stereocenters. The molecule has 1 unspecified atom stereocenters. The SMILES string of the molecule is NC1C(C(=O)Cl)=CC=CC1=S=O. The Kier molecular flexibility index (Phi) is 2.97. The molecule has 0 aromatic rings. The van der Waals surface area contributed by atoms with E-state index in [4.69, 9.17) is 17.3 Å². The Morgan fingerprint density at radius 2 is 2.33 bits per heavy atom. The Bertz CT molecular complexity index is 328. The van der Waals surface area contributed by atoms with Crippen LogP contribution in [-0.4, -0.2) is 20.4 Å². The first-order valence-corrected chi connectivity index (χ1v) is 4.29. The van der Waals surface area contributed by atoms with Crippen LogP contribution in [0, 0.1) is 0 Å². The van der Waals surface area contributed by atoms with Crippen LogP contribution in [0.25, 0.3) is 0 Å². The van der Waals surface area contributed by atoms with E-state index in [9.17, 15) is 9.00 Å². The van der Waals surface area contributed by atoms with Crippen molar-refractivity contribution in [2.45, 2.75) is 6.04 Å². The number of hydrogen-bond donors (Lipinski definition) is 1. The fourth-order valence-electron chi connectivity index (χ4n) is 0.875. The number of hydrogen-bond acceptors (Lipinski definition) is 3. The molecule has 1 aliphatic rings. The molecule has 0 radical (unpaired) electrons. The summed E-state index contributed by atoms with van der Waals surface area (Å²) >= 11 is 5.51. The van der Waals surface area contributed by atoms with Gasteiger partial charge in [0.15, 0.2) is 0 Å². The van der Waals surface area contributed by atoms with Crippen molar-refractivity contribution < 1.29 is 9.00 Å². The molecule has 0 bridgehead atoms. The van der Waals surface area contributed by atoms with Crippen LogP contribution in [0.4, 0.5) is 0 Å². The van der Waals surface area contributed by atoms with Gasteiger partial charge < -0.3 is 5.73 Å². The Morgan fingerprint density at radius 1 is 1.67 bits per heavy atom. The fraction of sp³-hybridized carbons (Fsp3) is 0.143. The molecule has 0 heterocycles. The van der Waals surface area contributed by atoms with Gasteiger partial charge in [0.25, 0.3) is 0 Å². The lowest BCUT2D eigenvalue weighted by Gasteiger charge is -2.13. The minimum atomic E-state index is -0.664. The lowest BCUT2D eigenvalue weighted by Crippen LogP contribution is -2.34. The number of allylic oxidation sites excluding steroid dienone is 2. The maximum atomic E-state index is 10.7. The minimum Gasteiger partial charge on any atom is -0.319 e. The van der Waals surface area contributed by atoms with Crippen LogP contribution in [0.2, 0.25) is 0 Å². The first-order valence-electron chi connectivity index (χ1n) is 3.17. The quantitative estimate of drug-likeness (QED) is 0.481. The van der Waals surface area contributed by atoms with E-state index in [1.807, 2.05) is 0 Å². The van der Waals surface area contributed by atoms with E-state index in [-0.39, 0.29) is 16.8 Å². The van der Waals surface area contributed by atoms with Crippen LogP contribution in [0.3, 0.4) is 0 Å². The van der Waals surface area contributed by atoms with Gasteiger partial charge in [0.05, 0.1) is 22.2 Å². The predicted octanol–water partition coefficient (Wildman–Crippen LogP) is -0.0393. The van der Waals surface area contributed by atoms with E-state index in [0.717, 1.165) is 0 Å². The molecule has 12 heavy (non-hydrogen) atoms. The molecule has 3 nitrogen and oxygen atoms in total.